The van der Waals surface area contributed by atoms with E-state index in [2.05, 4.69) is 26.1 Å². The summed E-state index contributed by atoms with van der Waals surface area (Å²) in [6.45, 7) is 7.36. The fourth-order valence-corrected chi connectivity index (χ4v) is 6.56. The number of fused-ring (bicyclic) bond motifs is 1. The number of methoxy groups -OCH3 is 2. The summed E-state index contributed by atoms with van der Waals surface area (Å²) in [5.74, 6) is 1.85. The average Bonchev–Trinajstić information content (AvgIpc) is 3.61. The maximum absolute atomic E-state index is 13.9. The van der Waals surface area contributed by atoms with E-state index in [9.17, 15) is 9.59 Å². The first-order valence-electron chi connectivity index (χ1n) is 13.9. The summed E-state index contributed by atoms with van der Waals surface area (Å²) in [5, 5.41) is 7.88. The Morgan fingerprint density at radius 3 is 2.54 bits per heavy atom. The van der Waals surface area contributed by atoms with Gasteiger partial charge in [-0.15, -0.1) is 11.8 Å². The number of anilines is 1. The lowest BCUT2D eigenvalue weighted by atomic mass is 9.87. The number of nitrogens with one attached hydrogen (secondary N) is 1. The lowest BCUT2D eigenvalue weighted by molar-refractivity contribution is -0.123. The normalized spacial score (nSPS) is 19.0. The molecule has 2 aliphatic rings. The van der Waals surface area contributed by atoms with E-state index in [0.717, 1.165) is 41.1 Å². The van der Waals surface area contributed by atoms with Crippen LogP contribution < -0.4 is 19.7 Å². The van der Waals surface area contributed by atoms with Gasteiger partial charge < -0.3 is 19.5 Å². The second kappa shape index (κ2) is 12.2. The zero-order chi connectivity index (χ0) is 29.1. The average molecular weight is 579 g/mol. The number of hydrogen-bond acceptors (Lipinski definition) is 7. The summed E-state index contributed by atoms with van der Waals surface area (Å²) in [4.78, 5) is 28.7. The number of nitrogens with zero attached hydrogens (tertiary/aromatic N) is 3. The number of amides is 2. The fourth-order valence-electron chi connectivity index (χ4n) is 5.34. The van der Waals surface area contributed by atoms with E-state index in [1.807, 2.05) is 48.5 Å². The van der Waals surface area contributed by atoms with Gasteiger partial charge in [-0.1, -0.05) is 39.0 Å². The van der Waals surface area contributed by atoms with Crippen molar-refractivity contribution in [3.63, 3.8) is 0 Å². The Labute approximate surface area is 245 Å². The van der Waals surface area contributed by atoms with E-state index in [1.165, 1.54) is 11.8 Å². The van der Waals surface area contributed by atoms with Crippen LogP contribution >= 0.6 is 11.8 Å². The van der Waals surface area contributed by atoms with Crippen LogP contribution in [0, 0.1) is 0 Å². The molecule has 0 spiro atoms. The Balaban J connectivity index is 1.67. The number of aromatic nitrogens is 2. The van der Waals surface area contributed by atoms with Gasteiger partial charge in [-0.2, -0.15) is 5.10 Å². The van der Waals surface area contributed by atoms with Crippen molar-refractivity contribution in [3.8, 4) is 17.2 Å². The standard InChI is InChI=1S/C31H38N4O5S/c1-31(2,3)29-27-28(23-10-6-7-11-24(23)39-5)41-19-26(37)34(18-25(36)32-17-22-9-8-16-40-22)30(27)35(33-29)20-12-14-21(38-4)15-13-20/h6-7,10-15,22,28H,8-9,16-19H2,1-5H3,(H,32,36). The predicted octanol–water partition coefficient (Wildman–Crippen LogP) is 4.65. The summed E-state index contributed by atoms with van der Waals surface area (Å²) >= 11 is 1.53. The van der Waals surface area contributed by atoms with E-state index >= 15 is 0 Å². The van der Waals surface area contributed by atoms with E-state index in [4.69, 9.17) is 19.3 Å². The first kappa shape index (κ1) is 29.0. The van der Waals surface area contributed by atoms with Crippen LogP contribution in [0.4, 0.5) is 5.82 Å². The Morgan fingerprint density at radius 2 is 1.88 bits per heavy atom. The number of rotatable bonds is 8. The molecule has 3 aromatic rings. The highest BCUT2D eigenvalue weighted by Gasteiger charge is 2.40. The molecule has 1 saturated heterocycles. The third-order valence-electron chi connectivity index (χ3n) is 7.39. The third kappa shape index (κ3) is 6.08. The zero-order valence-corrected chi connectivity index (χ0v) is 25.1. The number of carbonyl (C=O) groups is 2. The molecule has 0 aliphatic carbocycles. The number of para-hydroxylation sites is 1. The minimum absolute atomic E-state index is 0.0112. The molecule has 9 nitrogen and oxygen atoms in total. The molecule has 1 fully saturated rings. The van der Waals surface area contributed by atoms with Gasteiger partial charge in [0.15, 0.2) is 0 Å². The quantitative estimate of drug-likeness (QED) is 0.416. The van der Waals surface area contributed by atoms with Gasteiger partial charge in [-0.3, -0.25) is 14.5 Å². The second-order valence-corrected chi connectivity index (χ2v) is 12.4. The lowest BCUT2D eigenvalue weighted by Crippen LogP contribution is -2.44. The molecule has 2 aliphatic heterocycles. The molecule has 2 atom stereocenters. The Kier molecular flexibility index (Phi) is 8.60. The fraction of sp³-hybridized carbons (Fsp3) is 0.452. The van der Waals surface area contributed by atoms with Crippen LogP contribution in [0.25, 0.3) is 5.69 Å². The summed E-state index contributed by atoms with van der Waals surface area (Å²) < 4.78 is 18.6. The van der Waals surface area contributed by atoms with Crippen LogP contribution in [-0.4, -0.2) is 67.4 Å². The van der Waals surface area contributed by atoms with Gasteiger partial charge in [0, 0.05) is 29.7 Å². The Morgan fingerprint density at radius 1 is 1.12 bits per heavy atom. The lowest BCUT2D eigenvalue weighted by Gasteiger charge is -2.25. The smallest absolute Gasteiger partial charge is 0.240 e. The highest BCUT2D eigenvalue weighted by Crippen LogP contribution is 2.50. The maximum Gasteiger partial charge on any atom is 0.240 e. The first-order chi connectivity index (χ1) is 19.7. The zero-order valence-electron chi connectivity index (χ0n) is 24.3. The first-order valence-corrected chi connectivity index (χ1v) is 15.0. The van der Waals surface area contributed by atoms with E-state index in [-0.39, 0.29) is 40.9 Å². The molecule has 0 bridgehead atoms. The molecular weight excluding hydrogens is 540 g/mol. The molecular formula is C31H38N4O5S. The number of benzene rings is 2. The van der Waals surface area contributed by atoms with Gasteiger partial charge in [0.1, 0.15) is 23.9 Å². The van der Waals surface area contributed by atoms with Crippen LogP contribution in [0.2, 0.25) is 0 Å². The van der Waals surface area contributed by atoms with Crippen molar-refractivity contribution in [1.82, 2.24) is 15.1 Å². The van der Waals surface area contributed by atoms with Crippen LogP contribution in [-0.2, 0) is 19.7 Å². The molecule has 218 valence electrons. The molecule has 0 saturated carbocycles. The van der Waals surface area contributed by atoms with Crippen LogP contribution in [0.5, 0.6) is 11.5 Å². The molecule has 10 heteroatoms. The van der Waals surface area contributed by atoms with E-state index < -0.39 is 0 Å². The maximum atomic E-state index is 13.9. The molecule has 1 aromatic heterocycles. The number of carbonyl (C=O) groups excluding carboxylic acids is 2. The van der Waals surface area contributed by atoms with Crippen molar-refractivity contribution in [2.24, 2.45) is 0 Å². The largest absolute Gasteiger partial charge is 0.497 e. The van der Waals surface area contributed by atoms with Gasteiger partial charge in [0.25, 0.3) is 0 Å². The molecule has 2 amide bonds. The molecule has 3 heterocycles. The predicted molar refractivity (Wildman–Crippen MR) is 160 cm³/mol. The minimum atomic E-state index is -0.357. The summed E-state index contributed by atoms with van der Waals surface area (Å²) in [7, 11) is 3.28. The Bertz CT molecular complexity index is 1390. The summed E-state index contributed by atoms with van der Waals surface area (Å²) in [5.41, 5.74) is 3.12. The highest BCUT2D eigenvalue weighted by molar-refractivity contribution is 8.00. The van der Waals surface area contributed by atoms with Crippen LogP contribution in [0.15, 0.2) is 48.5 Å². The van der Waals surface area contributed by atoms with Crippen molar-refractivity contribution in [2.75, 3.05) is 44.6 Å². The molecule has 1 N–H and O–H groups in total. The summed E-state index contributed by atoms with van der Waals surface area (Å²) in [6, 6.07) is 15.4. The summed E-state index contributed by atoms with van der Waals surface area (Å²) in [6.07, 6.45) is 1.92. The molecule has 41 heavy (non-hydrogen) atoms. The molecule has 5 rings (SSSR count). The van der Waals surface area contributed by atoms with Crippen molar-refractivity contribution in [1.29, 1.82) is 0 Å². The highest BCUT2D eigenvalue weighted by atomic mass is 32.2. The van der Waals surface area contributed by atoms with Crippen molar-refractivity contribution in [3.05, 3.63) is 65.4 Å². The van der Waals surface area contributed by atoms with Gasteiger partial charge in [0.05, 0.1) is 42.7 Å². The van der Waals surface area contributed by atoms with Gasteiger partial charge in [-0.25, -0.2) is 4.68 Å². The van der Waals surface area contributed by atoms with Gasteiger partial charge >= 0.3 is 0 Å². The number of hydrogen-bond donors (Lipinski definition) is 1. The van der Waals surface area contributed by atoms with Crippen molar-refractivity contribution < 1.29 is 23.8 Å². The second-order valence-electron chi connectivity index (χ2n) is 11.3. The minimum Gasteiger partial charge on any atom is -0.497 e. The SMILES string of the molecule is COc1ccc(-n2nc(C(C)(C)C)c3c2N(CC(=O)NCC2CCCO2)C(=O)CSC3c2ccccc2OC)cc1. The Hall–Kier alpha value is -3.50. The number of ether oxygens (including phenoxy) is 3. The molecule has 2 unspecified atom stereocenters. The third-order valence-corrected chi connectivity index (χ3v) is 8.63. The van der Waals surface area contributed by atoms with Crippen molar-refractivity contribution >= 4 is 29.4 Å². The van der Waals surface area contributed by atoms with Crippen molar-refractivity contribution in [2.45, 2.75) is 50.4 Å². The number of thioether (sulfide) groups is 1. The topological polar surface area (TPSA) is 94.9 Å². The monoisotopic (exact) mass is 578 g/mol. The molecule has 0 radical (unpaired) electrons. The van der Waals surface area contributed by atoms with Crippen LogP contribution in [0.3, 0.4) is 0 Å². The van der Waals surface area contributed by atoms with Crippen LogP contribution in [0.1, 0.15) is 55.7 Å². The van der Waals surface area contributed by atoms with E-state index in [1.54, 1.807) is 23.8 Å². The van der Waals surface area contributed by atoms with E-state index in [0.29, 0.717) is 24.7 Å². The van der Waals surface area contributed by atoms with Gasteiger partial charge in [0.2, 0.25) is 11.8 Å². The van der Waals surface area contributed by atoms with Gasteiger partial charge in [-0.05, 0) is 43.2 Å². The molecule has 2 aromatic carbocycles.